The molecule has 78 valence electrons. The van der Waals surface area contributed by atoms with Crippen molar-refractivity contribution < 1.29 is 19.1 Å². The summed E-state index contributed by atoms with van der Waals surface area (Å²) in [6.45, 7) is 4.98. The molecule has 0 spiro atoms. The highest BCUT2D eigenvalue weighted by Gasteiger charge is 2.25. The van der Waals surface area contributed by atoms with Crippen LogP contribution in [0.25, 0.3) is 0 Å². The molecule has 0 saturated carbocycles. The summed E-state index contributed by atoms with van der Waals surface area (Å²) >= 11 is 0. The predicted octanol–water partition coefficient (Wildman–Crippen LogP) is 1.31. The first-order valence-electron chi connectivity index (χ1n) is 4.12. The van der Waals surface area contributed by atoms with Gasteiger partial charge in [-0.05, 0) is 20.8 Å². The highest BCUT2D eigenvalue weighted by Crippen LogP contribution is 2.04. The second-order valence-corrected chi connectivity index (χ2v) is 2.65. The van der Waals surface area contributed by atoms with Crippen LogP contribution in [-0.2, 0) is 9.53 Å². The molecule has 0 aromatic rings. The normalized spacial score (nSPS) is 9.14. The van der Waals surface area contributed by atoms with Crippen molar-refractivity contribution in [2.45, 2.75) is 26.8 Å². The first-order valence-corrected chi connectivity index (χ1v) is 4.12. The number of carbonyl (C=O) groups is 2. The highest BCUT2D eigenvalue weighted by molar-refractivity contribution is 5.93. The van der Waals surface area contributed by atoms with E-state index in [9.17, 15) is 14.4 Å². The molecular formula is C8H12N2O4. The van der Waals surface area contributed by atoms with Gasteiger partial charge >= 0.3 is 12.1 Å². The van der Waals surface area contributed by atoms with Crippen LogP contribution in [0.4, 0.5) is 9.59 Å². The lowest BCUT2D eigenvalue weighted by molar-refractivity contribution is 0.108. The van der Waals surface area contributed by atoms with Crippen molar-refractivity contribution in [3.63, 3.8) is 0 Å². The van der Waals surface area contributed by atoms with Crippen LogP contribution in [0.3, 0.4) is 0 Å². The molecule has 0 aromatic carbocycles. The molecule has 0 saturated heterocycles. The number of urea groups is 1. The maximum atomic E-state index is 11.2. The number of carbonyl (C=O) groups excluding carboxylic acids is 3. The minimum Gasteiger partial charge on any atom is -0.449 e. The number of hydrogen-bond donors (Lipinski definition) is 0. The van der Waals surface area contributed by atoms with Gasteiger partial charge in [0.2, 0.25) is 6.08 Å². The Hall–Kier alpha value is -1.68. The molecule has 0 aliphatic heterocycles. The number of rotatable bonds is 2. The minimum atomic E-state index is -0.964. The Morgan fingerprint density at radius 1 is 1.50 bits per heavy atom. The lowest BCUT2D eigenvalue weighted by Gasteiger charge is -2.20. The van der Waals surface area contributed by atoms with E-state index < -0.39 is 18.2 Å². The van der Waals surface area contributed by atoms with E-state index in [-0.39, 0.29) is 6.61 Å². The van der Waals surface area contributed by atoms with Crippen molar-refractivity contribution in [3.05, 3.63) is 0 Å². The van der Waals surface area contributed by atoms with Gasteiger partial charge in [-0.15, -0.1) is 4.99 Å². The van der Waals surface area contributed by atoms with Crippen LogP contribution >= 0.6 is 0 Å². The molecule has 0 rings (SSSR count). The Labute approximate surface area is 81.5 Å². The molecule has 0 atom stereocenters. The van der Waals surface area contributed by atoms with Crippen molar-refractivity contribution in [2.24, 2.45) is 4.99 Å². The molecule has 0 aliphatic rings. The first kappa shape index (κ1) is 12.3. The average Bonchev–Trinajstić information content (AvgIpc) is 2.04. The smallest absolute Gasteiger partial charge is 0.418 e. The van der Waals surface area contributed by atoms with Gasteiger partial charge in [0.15, 0.2) is 0 Å². The summed E-state index contributed by atoms with van der Waals surface area (Å²) in [5.41, 5.74) is 0. The maximum absolute atomic E-state index is 11.2. The number of aliphatic imine (C=N–C) groups is 1. The summed E-state index contributed by atoms with van der Waals surface area (Å²) in [4.78, 5) is 35.7. The highest BCUT2D eigenvalue weighted by atomic mass is 16.6. The van der Waals surface area contributed by atoms with Crippen molar-refractivity contribution in [3.8, 4) is 0 Å². The van der Waals surface area contributed by atoms with Gasteiger partial charge in [0, 0.05) is 6.04 Å². The van der Waals surface area contributed by atoms with E-state index in [0.29, 0.717) is 0 Å². The predicted molar refractivity (Wildman–Crippen MR) is 47.5 cm³/mol. The Kier molecular flexibility index (Phi) is 5.17. The van der Waals surface area contributed by atoms with Crippen LogP contribution in [0.15, 0.2) is 4.99 Å². The van der Waals surface area contributed by atoms with Crippen LogP contribution in [-0.4, -0.2) is 35.8 Å². The van der Waals surface area contributed by atoms with Crippen LogP contribution in [0.1, 0.15) is 20.8 Å². The van der Waals surface area contributed by atoms with Crippen molar-refractivity contribution in [2.75, 3.05) is 6.61 Å². The SMILES string of the molecule is CCOC(=O)N(C(=O)N=C=O)C(C)C. The van der Waals surface area contributed by atoms with Crippen LogP contribution in [0, 0.1) is 0 Å². The largest absolute Gasteiger partial charge is 0.449 e. The number of nitrogens with zero attached hydrogens (tertiary/aromatic N) is 2. The molecule has 0 aromatic heterocycles. The monoisotopic (exact) mass is 200 g/mol. The number of isocyanates is 1. The maximum Gasteiger partial charge on any atom is 0.418 e. The Balaban J connectivity index is 4.67. The summed E-state index contributed by atoms with van der Waals surface area (Å²) in [7, 11) is 0. The molecule has 0 heterocycles. The molecule has 0 aliphatic carbocycles. The third-order valence-corrected chi connectivity index (χ3v) is 1.33. The number of ether oxygens (including phenoxy) is 1. The summed E-state index contributed by atoms with van der Waals surface area (Å²) in [5, 5.41) is 0. The number of amides is 3. The van der Waals surface area contributed by atoms with Gasteiger partial charge in [-0.3, -0.25) is 0 Å². The number of imide groups is 1. The summed E-state index contributed by atoms with van der Waals surface area (Å²) in [6, 6.07) is -1.38. The topological polar surface area (TPSA) is 76.0 Å². The van der Waals surface area contributed by atoms with E-state index in [2.05, 4.69) is 9.73 Å². The van der Waals surface area contributed by atoms with Gasteiger partial charge in [0.25, 0.3) is 0 Å². The fourth-order valence-electron chi connectivity index (χ4n) is 0.796. The molecule has 14 heavy (non-hydrogen) atoms. The third-order valence-electron chi connectivity index (χ3n) is 1.33. The van der Waals surface area contributed by atoms with Gasteiger partial charge in [-0.25, -0.2) is 19.3 Å². The van der Waals surface area contributed by atoms with Gasteiger partial charge in [0.05, 0.1) is 6.61 Å². The second-order valence-electron chi connectivity index (χ2n) is 2.65. The van der Waals surface area contributed by atoms with E-state index in [1.54, 1.807) is 20.8 Å². The van der Waals surface area contributed by atoms with Crippen molar-refractivity contribution in [1.82, 2.24) is 4.90 Å². The zero-order valence-corrected chi connectivity index (χ0v) is 8.31. The first-order chi connectivity index (χ1) is 6.54. The number of hydrogen-bond acceptors (Lipinski definition) is 4. The van der Waals surface area contributed by atoms with Crippen molar-refractivity contribution >= 4 is 18.2 Å². The van der Waals surface area contributed by atoms with E-state index >= 15 is 0 Å². The summed E-state index contributed by atoms with van der Waals surface area (Å²) < 4.78 is 4.61. The van der Waals surface area contributed by atoms with Crippen LogP contribution < -0.4 is 0 Å². The Morgan fingerprint density at radius 2 is 2.07 bits per heavy atom. The summed E-state index contributed by atoms with van der Waals surface area (Å²) in [6.07, 6.45) is 0.262. The molecule has 6 heteroatoms. The summed E-state index contributed by atoms with van der Waals surface area (Å²) in [5.74, 6) is 0. The molecule has 3 amide bonds. The fraction of sp³-hybridized carbons (Fsp3) is 0.625. The van der Waals surface area contributed by atoms with Crippen LogP contribution in [0.5, 0.6) is 0 Å². The zero-order chi connectivity index (χ0) is 11.1. The molecule has 0 bridgehead atoms. The van der Waals surface area contributed by atoms with Crippen molar-refractivity contribution in [1.29, 1.82) is 0 Å². The van der Waals surface area contributed by atoms with Gasteiger partial charge in [-0.1, -0.05) is 0 Å². The quantitative estimate of drug-likeness (QED) is 0.497. The standard InChI is InChI=1S/C8H12N2O4/c1-4-14-8(13)10(6(2)3)7(12)9-5-11/h6H,4H2,1-3H3. The fourth-order valence-corrected chi connectivity index (χ4v) is 0.796. The van der Waals surface area contributed by atoms with E-state index in [0.717, 1.165) is 11.0 Å². The molecular weight excluding hydrogens is 188 g/mol. The molecule has 0 unspecified atom stereocenters. The third kappa shape index (κ3) is 3.37. The zero-order valence-electron chi connectivity index (χ0n) is 8.31. The Bertz CT molecular complexity index is 269. The Morgan fingerprint density at radius 3 is 2.43 bits per heavy atom. The lowest BCUT2D eigenvalue weighted by atomic mass is 10.3. The lowest BCUT2D eigenvalue weighted by Crippen LogP contribution is -2.40. The van der Waals surface area contributed by atoms with Crippen LogP contribution in [0.2, 0.25) is 0 Å². The van der Waals surface area contributed by atoms with Gasteiger partial charge < -0.3 is 4.74 Å². The van der Waals surface area contributed by atoms with Gasteiger partial charge in [0.1, 0.15) is 0 Å². The molecule has 0 radical (unpaired) electrons. The van der Waals surface area contributed by atoms with E-state index in [4.69, 9.17) is 0 Å². The molecule has 6 nitrogen and oxygen atoms in total. The minimum absolute atomic E-state index is 0.153. The molecule has 0 N–H and O–H groups in total. The van der Waals surface area contributed by atoms with E-state index in [1.165, 1.54) is 0 Å². The van der Waals surface area contributed by atoms with E-state index in [1.807, 2.05) is 0 Å². The second kappa shape index (κ2) is 5.88. The average molecular weight is 200 g/mol. The molecule has 0 fully saturated rings. The van der Waals surface area contributed by atoms with Gasteiger partial charge in [-0.2, -0.15) is 0 Å².